The smallest absolute Gasteiger partial charge is 0.235 e. The van der Waals surface area contributed by atoms with E-state index in [1.165, 1.54) is 12.1 Å². The molecule has 0 bridgehead atoms. The molecule has 1 amide bonds. The van der Waals surface area contributed by atoms with Gasteiger partial charge in [0.2, 0.25) is 5.91 Å². The number of rotatable bonds is 1. The molecule has 0 aliphatic carbocycles. The molecule has 2 nitrogen and oxygen atoms in total. The molecule has 0 aromatic heterocycles. The first kappa shape index (κ1) is 16.7. The van der Waals surface area contributed by atoms with E-state index in [1.807, 2.05) is 0 Å². The fourth-order valence-electron chi connectivity index (χ4n) is 1.67. The molecular weight excluding hydrogens is 489 g/mol. The van der Waals surface area contributed by atoms with Gasteiger partial charge in [-0.3, -0.25) is 4.79 Å². The molecule has 6 heteroatoms. The second-order valence-corrected chi connectivity index (χ2v) is 6.08. The summed E-state index contributed by atoms with van der Waals surface area (Å²) in [7, 11) is 1.71. The average Bonchev–Trinajstić information content (AvgIpc) is 2.28. The van der Waals surface area contributed by atoms with Crippen LogP contribution < -0.4 is 0 Å². The zero-order chi connectivity index (χ0) is 12.6. The van der Waals surface area contributed by atoms with Crippen LogP contribution in [0.2, 0.25) is 0 Å². The van der Waals surface area contributed by atoms with Crippen LogP contribution in [0.15, 0.2) is 22.7 Å². The minimum atomic E-state index is -0.308. The summed E-state index contributed by atoms with van der Waals surface area (Å²) >= 11 is 5.41. The Labute approximate surface area is 153 Å². The van der Waals surface area contributed by atoms with Gasteiger partial charge in [0.1, 0.15) is 5.82 Å². The van der Waals surface area contributed by atoms with Crippen molar-refractivity contribution >= 4 is 50.1 Å². The number of halogens is 3. The van der Waals surface area contributed by atoms with E-state index in [-0.39, 0.29) is 48.4 Å². The van der Waals surface area contributed by atoms with E-state index in [0.29, 0.717) is 16.6 Å². The van der Waals surface area contributed by atoms with Gasteiger partial charge in [-0.05, 0) is 12.1 Å². The fourth-order valence-corrected chi connectivity index (χ4v) is 2.85. The molecule has 0 saturated heterocycles. The van der Waals surface area contributed by atoms with Crippen LogP contribution in [0.3, 0.4) is 0 Å². The molecule has 1 unspecified atom stereocenters. The van der Waals surface area contributed by atoms with Gasteiger partial charge in [-0.2, -0.15) is 0 Å². The van der Waals surface area contributed by atoms with E-state index in [0.717, 1.165) is 5.56 Å². The van der Waals surface area contributed by atoms with Gasteiger partial charge in [0.05, 0.1) is 3.92 Å². The maximum atomic E-state index is 13.0. The molecule has 0 saturated carbocycles. The van der Waals surface area contributed by atoms with Crippen LogP contribution in [0.5, 0.6) is 0 Å². The number of carbonyl (C=O) groups is 1. The normalized spacial score (nSPS) is 19.3. The van der Waals surface area contributed by atoms with Gasteiger partial charge in [-0.15, -0.1) is 17.3 Å². The van der Waals surface area contributed by atoms with Crippen molar-refractivity contribution in [2.24, 2.45) is 0 Å². The molecule has 93 valence electrons. The number of nitrogens with zero attached hydrogens (tertiary/aromatic N) is 1. The molecule has 0 N–H and O–H groups in total. The van der Waals surface area contributed by atoms with Gasteiger partial charge in [-0.25, -0.2) is 10.5 Å². The summed E-state index contributed by atoms with van der Waals surface area (Å²) in [5.74, 6) is -0.256. The largest absolute Gasteiger partial charge is 0.350 e. The first-order valence-electron chi connectivity index (χ1n) is 4.98. The predicted molar refractivity (Wildman–Crippen MR) is 75.9 cm³/mol. The predicted octanol–water partition coefficient (Wildman–Crippen LogP) is 3.40. The monoisotopic (exact) mass is 497 g/mol. The molecule has 1 radical (unpaired) electrons. The number of hydrogen-bond acceptors (Lipinski definition) is 1. The summed E-state index contributed by atoms with van der Waals surface area (Å²) in [6, 6.07) is 4.42. The minimum absolute atomic E-state index is 0. The van der Waals surface area contributed by atoms with Crippen LogP contribution in [0.1, 0.15) is 12.0 Å². The summed E-state index contributed by atoms with van der Waals surface area (Å²) in [5.41, 5.74) is 1.49. The van der Waals surface area contributed by atoms with Gasteiger partial charge < -0.3 is 4.90 Å². The molecule has 2 rings (SSSR count). The van der Waals surface area contributed by atoms with E-state index < -0.39 is 0 Å². The Balaban J connectivity index is 0.00000162. The van der Waals surface area contributed by atoms with Crippen LogP contribution in [-0.2, 0) is 37.5 Å². The first-order valence-corrected chi connectivity index (χ1v) is 7.02. The fraction of sp³-hybridized carbons (Fsp3) is 0.250. The Hall–Kier alpha value is 0.674. The van der Waals surface area contributed by atoms with Crippen molar-refractivity contribution < 1.29 is 41.9 Å². The number of amides is 1. The van der Waals surface area contributed by atoms with Crippen molar-refractivity contribution in [3.63, 3.8) is 0 Å². The molecule has 1 aromatic rings. The maximum Gasteiger partial charge on any atom is 0.235 e. The van der Waals surface area contributed by atoms with Crippen LogP contribution in [0, 0.1) is 11.9 Å². The summed E-state index contributed by atoms with van der Waals surface area (Å²) in [6.45, 7) is 0. The standard InChI is InChI=1S/C12H9BrFINO.Y/c1-16-11(5-4-10(15)12(16)17)8-3-2-7(14)6-9(8)13;/h2-3,6,10H,4H2,1H3;/q-1;. The number of carbonyl (C=O) groups excluding carboxylic acids is 1. The maximum absolute atomic E-state index is 13.0. The van der Waals surface area contributed by atoms with Crippen molar-refractivity contribution in [2.75, 3.05) is 7.05 Å². The number of benzene rings is 1. The van der Waals surface area contributed by atoms with Gasteiger partial charge in [0.15, 0.2) is 0 Å². The third-order valence-corrected chi connectivity index (χ3v) is 4.20. The molecule has 1 aliphatic rings. The second kappa shape index (κ2) is 6.91. The number of alkyl halides is 1. The summed E-state index contributed by atoms with van der Waals surface area (Å²) < 4.78 is 13.6. The molecule has 0 fully saturated rings. The Morgan fingerprint density at radius 2 is 2.22 bits per heavy atom. The zero-order valence-corrected chi connectivity index (χ0v) is 16.2. The molecule has 0 spiro atoms. The van der Waals surface area contributed by atoms with E-state index in [1.54, 1.807) is 18.0 Å². The minimum Gasteiger partial charge on any atom is -0.350 e. The van der Waals surface area contributed by atoms with Gasteiger partial charge >= 0.3 is 0 Å². The molecule has 18 heavy (non-hydrogen) atoms. The van der Waals surface area contributed by atoms with E-state index in [2.05, 4.69) is 44.6 Å². The summed E-state index contributed by atoms with van der Waals surface area (Å²) in [4.78, 5) is 13.4. The Bertz CT molecular complexity index is 509. The van der Waals surface area contributed by atoms with Gasteiger partial charge in [0, 0.05) is 39.8 Å². The number of allylic oxidation sites excluding steroid dienone is 1. The van der Waals surface area contributed by atoms with Gasteiger partial charge in [-0.1, -0.05) is 49.4 Å². The average molecular weight is 498 g/mol. The van der Waals surface area contributed by atoms with Crippen LogP contribution in [-0.4, -0.2) is 21.8 Å². The summed E-state index contributed by atoms with van der Waals surface area (Å²) in [6.07, 6.45) is 3.77. The van der Waals surface area contributed by atoms with E-state index >= 15 is 0 Å². The van der Waals surface area contributed by atoms with Crippen molar-refractivity contribution in [2.45, 2.75) is 10.3 Å². The topological polar surface area (TPSA) is 20.3 Å². The molecule has 1 heterocycles. The number of hydrogen-bond donors (Lipinski definition) is 0. The Morgan fingerprint density at radius 3 is 2.83 bits per heavy atom. The summed E-state index contributed by atoms with van der Waals surface area (Å²) in [5, 5.41) is 0. The van der Waals surface area contributed by atoms with Gasteiger partial charge in [0.25, 0.3) is 0 Å². The first-order chi connectivity index (χ1) is 8.00. The second-order valence-electron chi connectivity index (χ2n) is 3.72. The third-order valence-electron chi connectivity index (χ3n) is 2.57. The van der Waals surface area contributed by atoms with Crippen molar-refractivity contribution in [3.8, 4) is 0 Å². The quantitative estimate of drug-likeness (QED) is 0.331. The third kappa shape index (κ3) is 3.41. The molecule has 1 atom stereocenters. The van der Waals surface area contributed by atoms with E-state index in [9.17, 15) is 9.18 Å². The Morgan fingerprint density at radius 1 is 1.56 bits per heavy atom. The van der Waals surface area contributed by atoms with Crippen molar-refractivity contribution in [3.05, 3.63) is 40.1 Å². The SMILES string of the molecule is CN1C(=O)C(I)C[C-]=C1c1ccc(F)cc1Br.[Y]. The Kier molecular flexibility index (Phi) is 6.42. The zero-order valence-electron chi connectivity index (χ0n) is 9.58. The van der Waals surface area contributed by atoms with Crippen LogP contribution in [0.25, 0.3) is 5.70 Å². The molecule has 1 aliphatic heterocycles. The molecule has 1 aromatic carbocycles. The van der Waals surface area contributed by atoms with E-state index in [4.69, 9.17) is 0 Å². The van der Waals surface area contributed by atoms with Crippen molar-refractivity contribution in [1.29, 1.82) is 0 Å². The van der Waals surface area contributed by atoms with Crippen molar-refractivity contribution in [1.82, 2.24) is 4.90 Å². The molecular formula is C12H9BrFINOY-. The van der Waals surface area contributed by atoms with Crippen LogP contribution in [0.4, 0.5) is 4.39 Å². The van der Waals surface area contributed by atoms with Crippen LogP contribution >= 0.6 is 38.5 Å².